The van der Waals surface area contributed by atoms with Crippen LogP contribution in [-0.2, 0) is 22.1 Å². The predicted octanol–water partition coefficient (Wildman–Crippen LogP) is 0.871. The van der Waals surface area contributed by atoms with Crippen LogP contribution in [0, 0.1) is 17.0 Å². The molecule has 1 aromatic heterocycles. The van der Waals surface area contributed by atoms with Crippen molar-refractivity contribution in [3.8, 4) is 0 Å². The molecule has 1 atom stereocenters. The molecule has 1 unspecified atom stereocenters. The number of aryl methyl sites for hydroxylation is 1. The summed E-state index contributed by atoms with van der Waals surface area (Å²) in [5.74, 6) is -0.426. The number of aromatic nitrogens is 3. The van der Waals surface area contributed by atoms with Gasteiger partial charge in [0.15, 0.2) is 0 Å². The second-order valence-electron chi connectivity index (χ2n) is 4.50. The average molecular weight is 323 g/mol. The Bertz CT molecular complexity index is 758. The number of hydrogen-bond acceptors (Lipinski definition) is 6. The number of nitrogens with zero attached hydrogens (tertiary/aromatic N) is 4. The average Bonchev–Trinajstić information content (AvgIpc) is 2.88. The molecule has 1 heterocycles. The lowest BCUT2D eigenvalue weighted by Crippen LogP contribution is -2.20. The second kappa shape index (κ2) is 6.43. The van der Waals surface area contributed by atoms with E-state index in [0.29, 0.717) is 11.3 Å². The fourth-order valence-electron chi connectivity index (χ4n) is 1.81. The summed E-state index contributed by atoms with van der Waals surface area (Å²) in [4.78, 5) is 22.3. The number of nitro benzene ring substituents is 1. The molecule has 0 spiro atoms. The molecule has 0 saturated carbocycles. The van der Waals surface area contributed by atoms with E-state index in [1.165, 1.54) is 23.2 Å². The van der Waals surface area contributed by atoms with Gasteiger partial charge in [0.05, 0.1) is 15.7 Å². The Morgan fingerprint density at radius 3 is 2.86 bits per heavy atom. The number of anilines is 1. The Labute approximate surface area is 128 Å². The van der Waals surface area contributed by atoms with Crippen LogP contribution in [0.4, 0.5) is 11.4 Å². The molecule has 0 radical (unpaired) electrons. The van der Waals surface area contributed by atoms with Crippen LogP contribution in [-0.4, -0.2) is 36.1 Å². The molecule has 0 saturated heterocycles. The van der Waals surface area contributed by atoms with Crippen molar-refractivity contribution in [1.82, 2.24) is 14.8 Å². The first-order valence-electron chi connectivity index (χ1n) is 6.14. The molecule has 0 bridgehead atoms. The maximum absolute atomic E-state index is 12.0. The zero-order chi connectivity index (χ0) is 16.3. The predicted molar refractivity (Wildman–Crippen MR) is 78.8 cm³/mol. The molecule has 22 heavy (non-hydrogen) atoms. The molecule has 10 heteroatoms. The maximum atomic E-state index is 12.0. The van der Waals surface area contributed by atoms with Gasteiger partial charge in [0.2, 0.25) is 11.1 Å². The Kier molecular flexibility index (Phi) is 4.61. The lowest BCUT2D eigenvalue weighted by Gasteiger charge is -2.07. The summed E-state index contributed by atoms with van der Waals surface area (Å²) in [7, 11) is -1.37. The Morgan fingerprint density at radius 2 is 2.23 bits per heavy atom. The highest BCUT2D eigenvalue weighted by Gasteiger charge is 2.14. The summed E-state index contributed by atoms with van der Waals surface area (Å²) in [6.07, 6.45) is 2.73. The van der Waals surface area contributed by atoms with Crippen LogP contribution in [0.5, 0.6) is 0 Å². The molecular formula is C12H13N5O4S. The van der Waals surface area contributed by atoms with Crippen LogP contribution in [0.15, 0.2) is 29.7 Å². The van der Waals surface area contributed by atoms with Crippen LogP contribution < -0.4 is 5.32 Å². The van der Waals surface area contributed by atoms with Gasteiger partial charge in [-0.15, -0.1) is 10.2 Å². The van der Waals surface area contributed by atoms with E-state index in [1.54, 1.807) is 19.1 Å². The third-order valence-electron chi connectivity index (χ3n) is 2.84. The van der Waals surface area contributed by atoms with E-state index in [4.69, 9.17) is 0 Å². The van der Waals surface area contributed by atoms with Crippen molar-refractivity contribution in [2.24, 2.45) is 0 Å². The Hall–Kier alpha value is -2.62. The van der Waals surface area contributed by atoms with E-state index in [9.17, 15) is 19.1 Å². The van der Waals surface area contributed by atoms with Crippen LogP contribution in [0.2, 0.25) is 0 Å². The van der Waals surface area contributed by atoms with Crippen molar-refractivity contribution in [3.63, 3.8) is 0 Å². The number of carbonyl (C=O) groups excluding carboxylic acids is 1. The minimum Gasteiger partial charge on any atom is -0.324 e. The summed E-state index contributed by atoms with van der Waals surface area (Å²) in [5.41, 5.74) is 0.748. The first-order chi connectivity index (χ1) is 10.4. The number of rotatable bonds is 5. The van der Waals surface area contributed by atoms with Crippen molar-refractivity contribution < 1.29 is 13.9 Å². The van der Waals surface area contributed by atoms with Gasteiger partial charge in [-0.05, 0) is 13.0 Å². The van der Waals surface area contributed by atoms with Gasteiger partial charge in [-0.3, -0.25) is 23.7 Å². The van der Waals surface area contributed by atoms with E-state index < -0.39 is 21.6 Å². The topological polar surface area (TPSA) is 120 Å². The van der Waals surface area contributed by atoms with Gasteiger partial charge >= 0.3 is 0 Å². The number of amides is 1. The fourth-order valence-corrected chi connectivity index (χ4v) is 2.42. The highest BCUT2D eigenvalue weighted by molar-refractivity contribution is 7.84. The van der Waals surface area contributed by atoms with Gasteiger partial charge in [0.25, 0.3) is 5.69 Å². The fraction of sp³-hybridized carbons (Fsp3) is 0.250. The minimum absolute atomic E-state index is 0.0718. The summed E-state index contributed by atoms with van der Waals surface area (Å²) in [6.45, 7) is 1.48. The van der Waals surface area contributed by atoms with Crippen LogP contribution in [0.25, 0.3) is 0 Å². The van der Waals surface area contributed by atoms with Gasteiger partial charge in [-0.2, -0.15) is 0 Å². The maximum Gasteiger partial charge on any atom is 0.274 e. The van der Waals surface area contributed by atoms with Gasteiger partial charge < -0.3 is 5.32 Å². The normalized spacial score (nSPS) is 11.9. The van der Waals surface area contributed by atoms with E-state index >= 15 is 0 Å². The monoisotopic (exact) mass is 323 g/mol. The first kappa shape index (κ1) is 15.8. The van der Waals surface area contributed by atoms with Crippen molar-refractivity contribution in [1.29, 1.82) is 0 Å². The number of benzene rings is 1. The van der Waals surface area contributed by atoms with Crippen molar-refractivity contribution in [3.05, 3.63) is 40.2 Å². The quantitative estimate of drug-likeness (QED) is 0.644. The number of hydrogen-bond donors (Lipinski definition) is 1. The summed E-state index contributed by atoms with van der Waals surface area (Å²) in [6, 6.07) is 4.42. The summed E-state index contributed by atoms with van der Waals surface area (Å²) >= 11 is 0. The van der Waals surface area contributed by atoms with E-state index in [0.717, 1.165) is 0 Å². The molecule has 9 nitrogen and oxygen atoms in total. The summed E-state index contributed by atoms with van der Waals surface area (Å²) < 4.78 is 12.8. The molecule has 1 N–H and O–H groups in total. The van der Waals surface area contributed by atoms with Crippen LogP contribution in [0.1, 0.15) is 5.56 Å². The van der Waals surface area contributed by atoms with E-state index in [1.807, 2.05) is 0 Å². The minimum atomic E-state index is -1.37. The Balaban J connectivity index is 2.12. The number of carbonyl (C=O) groups is 1. The first-order valence-corrected chi connectivity index (χ1v) is 7.70. The number of nitro groups is 1. The molecule has 0 aliphatic rings. The molecule has 2 aromatic rings. The van der Waals surface area contributed by atoms with Crippen LogP contribution >= 0.6 is 0 Å². The zero-order valence-corrected chi connectivity index (χ0v) is 12.7. The van der Waals surface area contributed by atoms with Gasteiger partial charge in [0.1, 0.15) is 12.9 Å². The Morgan fingerprint density at radius 1 is 1.50 bits per heavy atom. The standard InChI is InChI=1S/C12H13N5O4S/c1-8-3-4-9(5-10(8)17(19)20)14-11(18)6-16-7-13-15-12(16)22(2)21/h3-5,7H,6H2,1-2H3,(H,14,18). The number of nitrogens with one attached hydrogen (secondary N) is 1. The van der Waals surface area contributed by atoms with Gasteiger partial charge in [-0.25, -0.2) is 0 Å². The smallest absolute Gasteiger partial charge is 0.274 e. The van der Waals surface area contributed by atoms with Crippen LogP contribution in [0.3, 0.4) is 0 Å². The zero-order valence-electron chi connectivity index (χ0n) is 11.8. The van der Waals surface area contributed by atoms with Crippen molar-refractivity contribution >= 4 is 28.1 Å². The largest absolute Gasteiger partial charge is 0.324 e. The summed E-state index contributed by atoms with van der Waals surface area (Å²) in [5, 5.41) is 20.9. The molecule has 2 rings (SSSR count). The molecular weight excluding hydrogens is 310 g/mol. The molecule has 1 aromatic carbocycles. The molecule has 0 fully saturated rings. The highest BCUT2D eigenvalue weighted by atomic mass is 32.2. The molecule has 1 amide bonds. The van der Waals surface area contributed by atoms with Crippen molar-refractivity contribution in [2.75, 3.05) is 11.6 Å². The second-order valence-corrected chi connectivity index (χ2v) is 5.78. The molecule has 0 aliphatic heterocycles. The molecule has 0 aliphatic carbocycles. The third kappa shape index (κ3) is 3.52. The lowest BCUT2D eigenvalue weighted by molar-refractivity contribution is -0.385. The molecule has 116 valence electrons. The van der Waals surface area contributed by atoms with E-state index in [-0.39, 0.29) is 17.4 Å². The van der Waals surface area contributed by atoms with Crippen molar-refractivity contribution in [2.45, 2.75) is 18.6 Å². The lowest BCUT2D eigenvalue weighted by atomic mass is 10.2. The third-order valence-corrected chi connectivity index (χ3v) is 3.67. The van der Waals surface area contributed by atoms with E-state index in [2.05, 4.69) is 15.5 Å². The van der Waals surface area contributed by atoms with Gasteiger partial charge in [0, 0.05) is 23.6 Å². The SMILES string of the molecule is Cc1ccc(NC(=O)Cn2cnnc2S(C)=O)cc1[N+](=O)[O-]. The van der Waals surface area contributed by atoms with Gasteiger partial charge in [-0.1, -0.05) is 6.07 Å². The highest BCUT2D eigenvalue weighted by Crippen LogP contribution is 2.22.